The number of hydrogen-bond acceptors (Lipinski definition) is 2. The van der Waals surface area contributed by atoms with Gasteiger partial charge < -0.3 is 10.6 Å². The van der Waals surface area contributed by atoms with Crippen LogP contribution in [0.15, 0.2) is 24.8 Å². The van der Waals surface area contributed by atoms with E-state index in [1.54, 1.807) is 13.0 Å². The van der Waals surface area contributed by atoms with E-state index in [4.69, 9.17) is 5.73 Å². The highest BCUT2D eigenvalue weighted by Crippen LogP contribution is 2.27. The lowest BCUT2D eigenvalue weighted by molar-refractivity contribution is 0.612. The molecule has 0 spiro atoms. The van der Waals surface area contributed by atoms with Gasteiger partial charge in [0, 0.05) is 25.3 Å². The van der Waals surface area contributed by atoms with Crippen molar-refractivity contribution < 1.29 is 4.39 Å². The van der Waals surface area contributed by atoms with Gasteiger partial charge in [0.15, 0.2) is 0 Å². The third-order valence-corrected chi connectivity index (χ3v) is 3.11. The number of nitrogens with zero attached hydrogens (tertiary/aromatic N) is 1. The fourth-order valence-electron chi connectivity index (χ4n) is 1.97. The van der Waals surface area contributed by atoms with Crippen molar-refractivity contribution in [3.63, 3.8) is 0 Å². The lowest BCUT2D eigenvalue weighted by Gasteiger charge is -2.24. The van der Waals surface area contributed by atoms with Gasteiger partial charge in [-0.3, -0.25) is 0 Å². The maximum atomic E-state index is 13.6. The Labute approximate surface area is 109 Å². The van der Waals surface area contributed by atoms with Crippen molar-refractivity contribution >= 4 is 5.69 Å². The molecule has 0 fully saturated rings. The van der Waals surface area contributed by atoms with E-state index < -0.39 is 0 Å². The van der Waals surface area contributed by atoms with Gasteiger partial charge in [0.05, 0.1) is 0 Å². The molecular formula is C15H23FN2. The van der Waals surface area contributed by atoms with Crippen molar-refractivity contribution in [2.45, 2.75) is 32.7 Å². The van der Waals surface area contributed by atoms with Crippen LogP contribution in [-0.4, -0.2) is 13.6 Å². The van der Waals surface area contributed by atoms with E-state index in [1.165, 1.54) is 0 Å². The molecule has 0 bridgehead atoms. The van der Waals surface area contributed by atoms with Crippen molar-refractivity contribution in [2.24, 2.45) is 5.73 Å². The molecule has 0 saturated carbocycles. The Balaban J connectivity index is 2.98. The number of halogens is 1. The first-order chi connectivity index (χ1) is 8.47. The van der Waals surface area contributed by atoms with Gasteiger partial charge >= 0.3 is 0 Å². The molecule has 0 aliphatic heterocycles. The zero-order valence-corrected chi connectivity index (χ0v) is 11.5. The summed E-state index contributed by atoms with van der Waals surface area (Å²) in [5.74, 6) is -0.189. The summed E-state index contributed by atoms with van der Waals surface area (Å²) in [6.45, 7) is 8.29. The van der Waals surface area contributed by atoms with Crippen molar-refractivity contribution in [1.29, 1.82) is 0 Å². The van der Waals surface area contributed by atoms with Gasteiger partial charge in [0.1, 0.15) is 5.82 Å². The van der Waals surface area contributed by atoms with Crippen molar-refractivity contribution in [2.75, 3.05) is 18.5 Å². The second kappa shape index (κ2) is 6.55. The Morgan fingerprint density at radius 2 is 2.17 bits per heavy atom. The summed E-state index contributed by atoms with van der Waals surface area (Å²) in [4.78, 5) is 2.13. The monoisotopic (exact) mass is 250 g/mol. The largest absolute Gasteiger partial charge is 0.374 e. The summed E-state index contributed by atoms with van der Waals surface area (Å²) < 4.78 is 13.6. The summed E-state index contributed by atoms with van der Waals surface area (Å²) >= 11 is 0. The lowest BCUT2D eigenvalue weighted by Crippen LogP contribution is -2.22. The van der Waals surface area contributed by atoms with E-state index in [1.807, 2.05) is 26.1 Å². The molecule has 0 radical (unpaired) electrons. The first-order valence-electron chi connectivity index (χ1n) is 6.35. The summed E-state index contributed by atoms with van der Waals surface area (Å²) in [5.41, 5.74) is 8.46. The highest BCUT2D eigenvalue weighted by atomic mass is 19.1. The molecule has 2 nitrogen and oxygen atoms in total. The van der Waals surface area contributed by atoms with Gasteiger partial charge in [-0.2, -0.15) is 0 Å². The van der Waals surface area contributed by atoms with Crippen LogP contribution in [0, 0.1) is 12.7 Å². The van der Waals surface area contributed by atoms with Crippen LogP contribution in [0.5, 0.6) is 0 Å². The highest BCUT2D eigenvalue weighted by molar-refractivity contribution is 5.56. The average Bonchev–Trinajstić information content (AvgIpc) is 2.32. The third-order valence-electron chi connectivity index (χ3n) is 3.11. The van der Waals surface area contributed by atoms with Crippen LogP contribution in [-0.2, 0) is 0 Å². The predicted octanol–water partition coefficient (Wildman–Crippen LogP) is 3.56. The molecular weight excluding hydrogens is 227 g/mol. The Kier molecular flexibility index (Phi) is 5.35. The molecule has 0 heterocycles. The lowest BCUT2D eigenvalue weighted by atomic mass is 10.0. The minimum atomic E-state index is -0.189. The van der Waals surface area contributed by atoms with E-state index in [0.717, 1.165) is 30.6 Å². The number of hydrogen-bond donors (Lipinski definition) is 1. The molecule has 0 aromatic heterocycles. The van der Waals surface area contributed by atoms with Crippen LogP contribution in [0.25, 0.3) is 0 Å². The Morgan fingerprint density at radius 3 is 2.72 bits per heavy atom. The molecule has 18 heavy (non-hydrogen) atoms. The SMILES string of the molecule is C=CCCCN(C)c1cc(C)c(F)cc1C(C)N. The predicted molar refractivity (Wildman–Crippen MR) is 76.4 cm³/mol. The molecule has 3 heteroatoms. The Bertz CT molecular complexity index is 413. The highest BCUT2D eigenvalue weighted by Gasteiger charge is 2.13. The van der Waals surface area contributed by atoms with Crippen LogP contribution in [0.1, 0.15) is 36.9 Å². The Hall–Kier alpha value is -1.35. The molecule has 2 N–H and O–H groups in total. The fraction of sp³-hybridized carbons (Fsp3) is 0.467. The summed E-state index contributed by atoms with van der Waals surface area (Å²) in [6, 6.07) is 3.26. The van der Waals surface area contributed by atoms with Gasteiger partial charge in [-0.15, -0.1) is 6.58 Å². The third kappa shape index (κ3) is 3.57. The Morgan fingerprint density at radius 1 is 1.50 bits per heavy atom. The molecule has 1 unspecified atom stereocenters. The van der Waals surface area contributed by atoms with E-state index in [-0.39, 0.29) is 11.9 Å². The second-order valence-corrected chi connectivity index (χ2v) is 4.80. The second-order valence-electron chi connectivity index (χ2n) is 4.80. The maximum absolute atomic E-state index is 13.6. The minimum absolute atomic E-state index is 0.169. The molecule has 1 atom stereocenters. The zero-order chi connectivity index (χ0) is 13.7. The molecule has 100 valence electrons. The van der Waals surface area contributed by atoms with E-state index >= 15 is 0 Å². The first kappa shape index (κ1) is 14.7. The van der Waals surface area contributed by atoms with E-state index in [2.05, 4.69) is 11.5 Å². The summed E-state index contributed by atoms with van der Waals surface area (Å²) in [5, 5.41) is 0. The molecule has 0 aliphatic rings. The zero-order valence-electron chi connectivity index (χ0n) is 11.5. The van der Waals surface area contributed by atoms with Gasteiger partial charge in [-0.25, -0.2) is 4.39 Å². The van der Waals surface area contributed by atoms with E-state index in [9.17, 15) is 4.39 Å². The number of unbranched alkanes of at least 4 members (excludes halogenated alkanes) is 1. The van der Waals surface area contributed by atoms with Gasteiger partial charge in [-0.1, -0.05) is 6.08 Å². The number of benzene rings is 1. The molecule has 1 aromatic rings. The minimum Gasteiger partial charge on any atom is -0.374 e. The fourth-order valence-corrected chi connectivity index (χ4v) is 1.97. The van der Waals surface area contributed by atoms with Crippen LogP contribution < -0.4 is 10.6 Å². The number of anilines is 1. The van der Waals surface area contributed by atoms with Gasteiger partial charge in [-0.05, 0) is 49.9 Å². The van der Waals surface area contributed by atoms with E-state index in [0.29, 0.717) is 5.56 Å². The molecule has 0 saturated heterocycles. The van der Waals surface area contributed by atoms with Crippen LogP contribution in [0.2, 0.25) is 0 Å². The molecule has 1 aromatic carbocycles. The van der Waals surface area contributed by atoms with Crippen LogP contribution in [0.4, 0.5) is 10.1 Å². The average molecular weight is 250 g/mol. The first-order valence-corrected chi connectivity index (χ1v) is 6.35. The number of aryl methyl sites for hydroxylation is 1. The number of rotatable bonds is 6. The van der Waals surface area contributed by atoms with Crippen LogP contribution in [0.3, 0.4) is 0 Å². The smallest absolute Gasteiger partial charge is 0.126 e. The molecule has 0 amide bonds. The standard InChI is InChI=1S/C15H23FN2/c1-5-6-7-8-18(4)15-9-11(2)14(16)10-13(15)12(3)17/h5,9-10,12H,1,6-8,17H2,2-4H3. The van der Waals surface area contributed by atoms with Crippen molar-refractivity contribution in [3.05, 3.63) is 41.7 Å². The molecule has 0 aliphatic carbocycles. The van der Waals surface area contributed by atoms with Gasteiger partial charge in [0.25, 0.3) is 0 Å². The topological polar surface area (TPSA) is 29.3 Å². The maximum Gasteiger partial charge on any atom is 0.126 e. The number of nitrogens with two attached hydrogens (primary N) is 1. The number of allylic oxidation sites excluding steroid dienone is 1. The van der Waals surface area contributed by atoms with Gasteiger partial charge in [0.2, 0.25) is 0 Å². The van der Waals surface area contributed by atoms with Crippen molar-refractivity contribution in [3.8, 4) is 0 Å². The van der Waals surface area contributed by atoms with Crippen molar-refractivity contribution in [1.82, 2.24) is 0 Å². The molecule has 1 rings (SSSR count). The van der Waals surface area contributed by atoms with Crippen LogP contribution >= 0.6 is 0 Å². The normalized spacial score (nSPS) is 12.3. The quantitative estimate of drug-likeness (QED) is 0.618. The summed E-state index contributed by atoms with van der Waals surface area (Å²) in [7, 11) is 2.02. The summed E-state index contributed by atoms with van der Waals surface area (Å²) in [6.07, 6.45) is 3.93.